The lowest BCUT2D eigenvalue weighted by Crippen LogP contribution is -2.54. The number of sulfonamides is 1. The molecule has 2 fully saturated rings. The average molecular weight is 487 g/mol. The van der Waals surface area contributed by atoms with Gasteiger partial charge in [-0.2, -0.15) is 0 Å². The molecular weight excluding hydrogens is 468 g/mol. The third-order valence-corrected chi connectivity index (χ3v) is 10.6. The van der Waals surface area contributed by atoms with E-state index in [9.17, 15) is 30.0 Å². The van der Waals surface area contributed by atoms with Gasteiger partial charge in [0.25, 0.3) is 10.0 Å². The molecule has 2 N–H and O–H groups in total. The van der Waals surface area contributed by atoms with E-state index in [1.54, 1.807) is 0 Å². The fraction of sp³-hybridized carbons (Fsp3) is 0.533. The predicted octanol–water partition coefficient (Wildman–Crippen LogP) is -0.0923. The topological polar surface area (TPSA) is 155 Å². The molecule has 2 atom stereocenters. The maximum absolute atomic E-state index is 13.3. The Hall–Kier alpha value is -1.25. The van der Waals surface area contributed by atoms with E-state index in [-0.39, 0.29) is 40.7 Å². The lowest BCUT2D eigenvalue weighted by Gasteiger charge is -2.30. The molecule has 1 aromatic rings. The summed E-state index contributed by atoms with van der Waals surface area (Å²) in [4.78, 5) is 10.7. The van der Waals surface area contributed by atoms with Crippen molar-refractivity contribution in [3.63, 3.8) is 0 Å². The number of nitrogens with one attached hydrogen (secondary N) is 1. The first kappa shape index (κ1) is 22.4. The standard InChI is InChI=1S/C15H19ClN2O8S3/c16-13-2-1-10(15(19)20)7-14(13)29(25,26)18(12-4-6-28(23,24)9-12)17-11-3-5-27(21,22)8-11/h1-2,7,11-12,17H,3-6,8-9H2,(H,19,20)/t11-,12+/m0/s1. The molecule has 0 unspecified atom stereocenters. The molecule has 3 rings (SSSR count). The van der Waals surface area contributed by atoms with Crippen LogP contribution in [0.25, 0.3) is 0 Å². The fourth-order valence-electron chi connectivity index (χ4n) is 3.35. The van der Waals surface area contributed by atoms with Gasteiger partial charge in [-0.05, 0) is 31.0 Å². The summed E-state index contributed by atoms with van der Waals surface area (Å²) < 4.78 is 74.7. The lowest BCUT2D eigenvalue weighted by molar-refractivity contribution is 0.0696. The number of carboxylic acid groups (broad SMARTS) is 1. The second-order valence-corrected chi connectivity index (χ2v) is 13.7. The number of hydrazine groups is 1. The number of carboxylic acids is 1. The highest BCUT2D eigenvalue weighted by atomic mass is 35.5. The van der Waals surface area contributed by atoms with Gasteiger partial charge in [-0.1, -0.05) is 11.6 Å². The summed E-state index contributed by atoms with van der Waals surface area (Å²) in [6.07, 6.45) is 0.182. The summed E-state index contributed by atoms with van der Waals surface area (Å²) in [5.74, 6) is -2.41. The summed E-state index contributed by atoms with van der Waals surface area (Å²) in [6.45, 7) is 0. The van der Waals surface area contributed by atoms with Crippen molar-refractivity contribution in [1.82, 2.24) is 9.84 Å². The van der Waals surface area contributed by atoms with Gasteiger partial charge in [-0.15, -0.1) is 4.41 Å². The second-order valence-electron chi connectivity index (χ2n) is 7.04. The first-order chi connectivity index (χ1) is 13.3. The Kier molecular flexibility index (Phi) is 6.02. The molecule has 1 aromatic carbocycles. The van der Waals surface area contributed by atoms with Gasteiger partial charge in [0.2, 0.25) is 0 Å². The molecule has 0 radical (unpaired) electrons. The molecule has 162 valence electrons. The molecule has 0 saturated carbocycles. The minimum atomic E-state index is -4.48. The maximum Gasteiger partial charge on any atom is 0.335 e. The summed E-state index contributed by atoms with van der Waals surface area (Å²) in [5, 5.41) is 8.92. The fourth-order valence-corrected chi connectivity index (χ4v) is 8.88. The Labute approximate surface area is 173 Å². The Bertz CT molecular complexity index is 1150. The van der Waals surface area contributed by atoms with E-state index in [2.05, 4.69) is 5.43 Å². The molecule has 10 nitrogen and oxygen atoms in total. The largest absolute Gasteiger partial charge is 0.478 e. The van der Waals surface area contributed by atoms with Crippen molar-refractivity contribution in [1.29, 1.82) is 0 Å². The minimum absolute atomic E-state index is 0.0181. The van der Waals surface area contributed by atoms with Crippen LogP contribution >= 0.6 is 11.6 Å². The Morgan fingerprint density at radius 3 is 2.24 bits per heavy atom. The van der Waals surface area contributed by atoms with Gasteiger partial charge < -0.3 is 5.11 Å². The number of rotatable bonds is 6. The van der Waals surface area contributed by atoms with Gasteiger partial charge in [-0.3, -0.25) is 0 Å². The van der Waals surface area contributed by atoms with Crippen LogP contribution in [0, 0.1) is 0 Å². The van der Waals surface area contributed by atoms with E-state index in [4.69, 9.17) is 16.7 Å². The van der Waals surface area contributed by atoms with Crippen molar-refractivity contribution in [3.8, 4) is 0 Å². The molecule has 2 aliphatic heterocycles. The number of hydrogen-bond acceptors (Lipinski definition) is 8. The van der Waals surface area contributed by atoms with Crippen LogP contribution in [0.15, 0.2) is 23.1 Å². The molecule has 14 heteroatoms. The molecule has 0 bridgehead atoms. The Balaban J connectivity index is 2.03. The number of carbonyl (C=O) groups is 1. The minimum Gasteiger partial charge on any atom is -0.478 e. The molecule has 0 amide bonds. The van der Waals surface area contributed by atoms with Crippen LogP contribution in [0.2, 0.25) is 5.02 Å². The molecule has 29 heavy (non-hydrogen) atoms. The normalized spacial score (nSPS) is 26.0. The van der Waals surface area contributed by atoms with Gasteiger partial charge in [0.15, 0.2) is 19.7 Å². The highest BCUT2D eigenvalue weighted by Crippen LogP contribution is 2.30. The zero-order valence-electron chi connectivity index (χ0n) is 15.0. The van der Waals surface area contributed by atoms with E-state index in [0.29, 0.717) is 0 Å². The third kappa shape index (κ3) is 4.91. The van der Waals surface area contributed by atoms with E-state index < -0.39 is 58.4 Å². The highest BCUT2D eigenvalue weighted by molar-refractivity contribution is 7.92. The molecule has 0 aromatic heterocycles. The van der Waals surface area contributed by atoms with Gasteiger partial charge in [0.05, 0.1) is 39.6 Å². The molecule has 0 aliphatic carbocycles. The SMILES string of the molecule is O=C(O)c1ccc(Cl)c(S(=O)(=O)N(N[C@H]2CCS(=O)(=O)C2)[C@@H]2CCS(=O)(=O)C2)c1. The summed E-state index contributed by atoms with van der Waals surface area (Å²) in [5.41, 5.74) is 2.35. The molecule has 0 spiro atoms. The van der Waals surface area contributed by atoms with Gasteiger partial charge in [-0.25, -0.2) is 35.5 Å². The van der Waals surface area contributed by atoms with Crippen LogP contribution in [0.5, 0.6) is 0 Å². The van der Waals surface area contributed by atoms with E-state index in [1.807, 2.05) is 0 Å². The maximum atomic E-state index is 13.3. The molecule has 2 heterocycles. The van der Waals surface area contributed by atoms with Crippen molar-refractivity contribution < 1.29 is 35.2 Å². The zero-order chi connectivity index (χ0) is 21.6. The van der Waals surface area contributed by atoms with Crippen LogP contribution in [0.1, 0.15) is 23.2 Å². The molecule has 2 aliphatic rings. The van der Waals surface area contributed by atoms with Crippen LogP contribution < -0.4 is 5.43 Å². The number of halogens is 1. The van der Waals surface area contributed by atoms with Crippen LogP contribution in [0.4, 0.5) is 0 Å². The number of sulfone groups is 2. The summed E-state index contributed by atoms with van der Waals surface area (Å²) in [7, 11) is -11.3. The first-order valence-corrected chi connectivity index (χ1v) is 14.0. The second kappa shape index (κ2) is 7.78. The molecular formula is C15H19ClN2O8S3. The number of hydrogen-bond donors (Lipinski definition) is 2. The average Bonchev–Trinajstić information content (AvgIpc) is 3.13. The Morgan fingerprint density at radius 1 is 1.10 bits per heavy atom. The first-order valence-electron chi connectivity index (χ1n) is 8.55. The van der Waals surface area contributed by atoms with Crippen LogP contribution in [0.3, 0.4) is 0 Å². The van der Waals surface area contributed by atoms with E-state index >= 15 is 0 Å². The van der Waals surface area contributed by atoms with Crippen LogP contribution in [-0.2, 0) is 29.7 Å². The van der Waals surface area contributed by atoms with Crippen molar-refractivity contribution >= 4 is 47.3 Å². The van der Waals surface area contributed by atoms with E-state index in [1.165, 1.54) is 0 Å². The van der Waals surface area contributed by atoms with Crippen molar-refractivity contribution in [2.45, 2.75) is 29.8 Å². The number of nitrogens with zero attached hydrogens (tertiary/aromatic N) is 1. The summed E-state index contributed by atoms with van der Waals surface area (Å²) >= 11 is 6.01. The van der Waals surface area contributed by atoms with Crippen molar-refractivity contribution in [2.75, 3.05) is 23.0 Å². The van der Waals surface area contributed by atoms with E-state index in [0.717, 1.165) is 22.6 Å². The third-order valence-electron chi connectivity index (χ3n) is 4.80. The van der Waals surface area contributed by atoms with Gasteiger partial charge >= 0.3 is 5.97 Å². The zero-order valence-corrected chi connectivity index (χ0v) is 18.2. The smallest absolute Gasteiger partial charge is 0.335 e. The predicted molar refractivity (Wildman–Crippen MR) is 105 cm³/mol. The van der Waals surface area contributed by atoms with Crippen LogP contribution in [-0.4, -0.2) is 75.8 Å². The monoisotopic (exact) mass is 486 g/mol. The van der Waals surface area contributed by atoms with Gasteiger partial charge in [0.1, 0.15) is 4.90 Å². The van der Waals surface area contributed by atoms with Gasteiger partial charge in [0, 0.05) is 6.04 Å². The Morgan fingerprint density at radius 2 is 1.72 bits per heavy atom. The molecule has 2 saturated heterocycles. The number of benzene rings is 1. The van der Waals surface area contributed by atoms with Crippen molar-refractivity contribution in [2.24, 2.45) is 0 Å². The van der Waals surface area contributed by atoms with Crippen molar-refractivity contribution in [3.05, 3.63) is 28.8 Å². The highest BCUT2D eigenvalue weighted by Gasteiger charge is 2.42. The quantitative estimate of drug-likeness (QED) is 0.524. The number of aromatic carboxylic acids is 1. The lowest BCUT2D eigenvalue weighted by atomic mass is 10.2. The summed E-state index contributed by atoms with van der Waals surface area (Å²) in [6, 6.07) is 1.47.